The van der Waals surface area contributed by atoms with E-state index in [1.165, 1.54) is 0 Å². The van der Waals surface area contributed by atoms with Crippen LogP contribution in [0.1, 0.15) is 39.5 Å². The van der Waals surface area contributed by atoms with Gasteiger partial charge in [-0.3, -0.25) is 4.79 Å². The average molecular weight is 331 g/mol. The normalized spacial score (nSPS) is 41.0. The van der Waals surface area contributed by atoms with Crippen molar-refractivity contribution in [1.82, 2.24) is 5.32 Å². The molecule has 5 aliphatic rings. The number of nitrogens with zero attached hydrogens (tertiary/aromatic N) is 1. The van der Waals surface area contributed by atoms with Gasteiger partial charge in [-0.25, -0.2) is 0 Å². The molecule has 5 rings (SSSR count). The van der Waals surface area contributed by atoms with Crippen LogP contribution in [0.5, 0.6) is 0 Å². The van der Waals surface area contributed by atoms with Crippen molar-refractivity contribution in [2.45, 2.75) is 50.9 Å². The Kier molecular flexibility index (Phi) is 3.45. The lowest BCUT2D eigenvalue weighted by Gasteiger charge is -2.61. The van der Waals surface area contributed by atoms with Crippen LogP contribution in [-0.2, 0) is 14.3 Å². The van der Waals surface area contributed by atoms with Crippen LogP contribution in [0.25, 0.3) is 0 Å². The molecule has 2 saturated heterocycles. The van der Waals surface area contributed by atoms with Gasteiger partial charge in [-0.1, -0.05) is 20.3 Å². The SMILES string of the molecule is CCC(C)[C@@H]1[C@H]2C(=O)N[C@]3(CCC4(C[C@H]13)OCCO4)C(C#N)=C2N. The molecular weight excluding hydrogens is 306 g/mol. The van der Waals surface area contributed by atoms with Gasteiger partial charge in [-0.2, -0.15) is 5.26 Å². The molecule has 5 atom stereocenters. The summed E-state index contributed by atoms with van der Waals surface area (Å²) in [5, 5.41) is 12.9. The number of carbonyl (C=O) groups is 1. The van der Waals surface area contributed by atoms with Crippen molar-refractivity contribution >= 4 is 5.91 Å². The zero-order valence-electron chi connectivity index (χ0n) is 14.3. The van der Waals surface area contributed by atoms with Gasteiger partial charge in [0, 0.05) is 18.5 Å². The Bertz CT molecular complexity index is 646. The summed E-state index contributed by atoms with van der Waals surface area (Å²) in [6.45, 7) is 5.56. The standard InChI is InChI=1S/C18H25N3O3/c1-3-10(2)13-11-8-17(23-6-7-24-17)4-5-18(11)12(9-19)15(20)14(13)16(22)21-18/h10-11,13-14H,3-8,20H2,1-2H3,(H,21,22)/t10?,11-,13+,14-,18+/m1/s1. The van der Waals surface area contributed by atoms with E-state index in [9.17, 15) is 10.1 Å². The van der Waals surface area contributed by atoms with Crippen LogP contribution in [0.2, 0.25) is 0 Å². The van der Waals surface area contributed by atoms with Gasteiger partial charge in [0.25, 0.3) is 0 Å². The molecule has 1 amide bonds. The highest BCUT2D eigenvalue weighted by Crippen LogP contribution is 2.59. The van der Waals surface area contributed by atoms with E-state index in [1.807, 2.05) is 0 Å². The second kappa shape index (κ2) is 5.21. The fraction of sp³-hybridized carbons (Fsp3) is 0.778. The topological polar surface area (TPSA) is 97.4 Å². The van der Waals surface area contributed by atoms with Crippen LogP contribution < -0.4 is 11.1 Å². The molecule has 1 saturated carbocycles. The summed E-state index contributed by atoms with van der Waals surface area (Å²) in [6.07, 6.45) is 3.02. The summed E-state index contributed by atoms with van der Waals surface area (Å²) < 4.78 is 11.9. The van der Waals surface area contributed by atoms with Crippen LogP contribution >= 0.6 is 0 Å². The van der Waals surface area contributed by atoms with Gasteiger partial charge in [0.15, 0.2) is 5.79 Å². The zero-order chi connectivity index (χ0) is 17.1. The molecule has 0 aromatic rings. The first kappa shape index (κ1) is 15.9. The maximum atomic E-state index is 12.7. The number of ether oxygens (including phenoxy) is 2. The Balaban J connectivity index is 1.83. The van der Waals surface area contributed by atoms with Gasteiger partial charge in [-0.05, 0) is 24.2 Å². The van der Waals surface area contributed by atoms with E-state index in [4.69, 9.17) is 15.2 Å². The van der Waals surface area contributed by atoms with E-state index < -0.39 is 17.2 Å². The minimum atomic E-state index is -0.640. The summed E-state index contributed by atoms with van der Waals surface area (Å²) in [5.41, 5.74) is 6.76. The third-order valence-electron chi connectivity index (χ3n) is 6.84. The number of amides is 1. The molecule has 2 bridgehead atoms. The van der Waals surface area contributed by atoms with Gasteiger partial charge < -0.3 is 20.5 Å². The smallest absolute Gasteiger partial charge is 0.230 e. The van der Waals surface area contributed by atoms with Crippen molar-refractivity contribution < 1.29 is 14.3 Å². The third-order valence-corrected chi connectivity index (χ3v) is 6.84. The molecule has 3 N–H and O–H groups in total. The van der Waals surface area contributed by atoms with Crippen molar-refractivity contribution in [2.75, 3.05) is 13.2 Å². The number of fused-ring (bicyclic) bond motifs is 1. The molecule has 2 spiro atoms. The van der Waals surface area contributed by atoms with Crippen molar-refractivity contribution in [2.24, 2.45) is 29.4 Å². The molecular formula is C18H25N3O3. The minimum Gasteiger partial charge on any atom is -0.401 e. The van der Waals surface area contributed by atoms with Crippen LogP contribution in [0, 0.1) is 35.0 Å². The molecule has 6 heteroatoms. The summed E-state index contributed by atoms with van der Waals surface area (Å²) in [6, 6.07) is 2.31. The molecule has 0 aromatic heterocycles. The largest absolute Gasteiger partial charge is 0.401 e. The summed E-state index contributed by atoms with van der Waals surface area (Å²) in [5.74, 6) is -0.357. The number of carbonyl (C=O) groups excluding carboxylic acids is 1. The molecule has 130 valence electrons. The molecule has 6 nitrogen and oxygen atoms in total. The average Bonchev–Trinajstić information content (AvgIpc) is 3.02. The number of hydrogen-bond donors (Lipinski definition) is 2. The molecule has 3 fully saturated rings. The van der Waals surface area contributed by atoms with E-state index in [-0.39, 0.29) is 17.7 Å². The number of nitrogens with one attached hydrogen (secondary N) is 1. The predicted molar refractivity (Wildman–Crippen MR) is 86.1 cm³/mol. The number of nitriles is 1. The van der Waals surface area contributed by atoms with Gasteiger partial charge in [-0.15, -0.1) is 0 Å². The Morgan fingerprint density at radius 3 is 2.75 bits per heavy atom. The van der Waals surface area contributed by atoms with Crippen molar-refractivity contribution in [3.63, 3.8) is 0 Å². The van der Waals surface area contributed by atoms with Crippen LogP contribution in [0.4, 0.5) is 0 Å². The number of rotatable bonds is 2. The maximum Gasteiger partial charge on any atom is 0.230 e. The second-order valence-electron chi connectivity index (χ2n) is 7.76. The lowest BCUT2D eigenvalue weighted by molar-refractivity contribution is -0.213. The summed E-state index contributed by atoms with van der Waals surface area (Å²) in [4.78, 5) is 12.7. The molecule has 0 radical (unpaired) electrons. The fourth-order valence-corrected chi connectivity index (χ4v) is 5.56. The highest BCUT2D eigenvalue weighted by atomic mass is 16.7. The highest BCUT2D eigenvalue weighted by Gasteiger charge is 2.65. The van der Waals surface area contributed by atoms with Gasteiger partial charge in [0.05, 0.1) is 36.3 Å². The van der Waals surface area contributed by atoms with Crippen LogP contribution in [0.3, 0.4) is 0 Å². The fourth-order valence-electron chi connectivity index (χ4n) is 5.56. The Labute approximate surface area is 142 Å². The van der Waals surface area contributed by atoms with Crippen molar-refractivity contribution in [1.29, 1.82) is 5.26 Å². The lowest BCUT2D eigenvalue weighted by atomic mass is 9.50. The molecule has 3 aliphatic heterocycles. The first-order chi connectivity index (χ1) is 11.5. The number of piperidine rings is 1. The molecule has 24 heavy (non-hydrogen) atoms. The number of hydrogen-bond acceptors (Lipinski definition) is 5. The van der Waals surface area contributed by atoms with Crippen molar-refractivity contribution in [3.8, 4) is 6.07 Å². The Morgan fingerprint density at radius 2 is 2.12 bits per heavy atom. The molecule has 1 unspecified atom stereocenters. The van der Waals surface area contributed by atoms with E-state index in [0.717, 1.165) is 12.8 Å². The van der Waals surface area contributed by atoms with Crippen LogP contribution in [0.15, 0.2) is 11.3 Å². The second-order valence-corrected chi connectivity index (χ2v) is 7.76. The van der Waals surface area contributed by atoms with E-state index in [1.54, 1.807) is 0 Å². The quantitative estimate of drug-likeness (QED) is 0.798. The Morgan fingerprint density at radius 1 is 1.42 bits per heavy atom. The number of nitrogens with two attached hydrogens (primary N) is 1. The predicted octanol–water partition coefficient (Wildman–Crippen LogP) is 1.43. The zero-order valence-corrected chi connectivity index (χ0v) is 14.3. The molecule has 3 heterocycles. The van der Waals surface area contributed by atoms with E-state index in [0.29, 0.717) is 43.2 Å². The third kappa shape index (κ3) is 1.86. The first-order valence-corrected chi connectivity index (χ1v) is 8.98. The molecule has 0 aromatic carbocycles. The van der Waals surface area contributed by atoms with Crippen LogP contribution in [-0.4, -0.2) is 30.4 Å². The summed E-state index contributed by atoms with van der Waals surface area (Å²) >= 11 is 0. The van der Waals surface area contributed by atoms with E-state index in [2.05, 4.69) is 25.2 Å². The van der Waals surface area contributed by atoms with Gasteiger partial charge >= 0.3 is 0 Å². The highest BCUT2D eigenvalue weighted by molar-refractivity contribution is 5.87. The summed E-state index contributed by atoms with van der Waals surface area (Å²) in [7, 11) is 0. The van der Waals surface area contributed by atoms with E-state index >= 15 is 0 Å². The minimum absolute atomic E-state index is 0.0164. The lowest BCUT2D eigenvalue weighted by Crippen LogP contribution is -2.72. The maximum absolute atomic E-state index is 12.7. The first-order valence-electron chi connectivity index (χ1n) is 8.98. The monoisotopic (exact) mass is 331 g/mol. The van der Waals surface area contributed by atoms with Gasteiger partial charge in [0.2, 0.25) is 5.91 Å². The van der Waals surface area contributed by atoms with Crippen molar-refractivity contribution in [3.05, 3.63) is 11.3 Å². The molecule has 2 aliphatic carbocycles. The van der Waals surface area contributed by atoms with Gasteiger partial charge in [0.1, 0.15) is 0 Å². The Hall–Kier alpha value is -1.58.